The van der Waals surface area contributed by atoms with E-state index in [0.29, 0.717) is 0 Å². The molecule has 0 atom stereocenters. The quantitative estimate of drug-likeness (QED) is 0.812. The molecule has 2 aromatic rings. The van der Waals surface area contributed by atoms with Crippen molar-refractivity contribution in [1.29, 1.82) is 0 Å². The Hall–Kier alpha value is -2.28. The molecule has 0 aromatic carbocycles. The predicted octanol–water partition coefficient (Wildman–Crippen LogP) is 0.890. The number of likely N-dealkylation sites (N-methyl/N-ethyl adjacent to an activating group) is 1. The van der Waals surface area contributed by atoms with Gasteiger partial charge in [-0.05, 0) is 19.5 Å². The monoisotopic (exact) mass is 325 g/mol. The molecule has 0 N–H and O–H groups in total. The minimum Gasteiger partial charge on any atom is -0.338 e. The molecular weight excluding hydrogens is 302 g/mol. The van der Waals surface area contributed by atoms with E-state index in [9.17, 15) is 0 Å². The third-order valence-corrected chi connectivity index (χ3v) is 4.76. The maximum atomic E-state index is 4.83. The van der Waals surface area contributed by atoms with Crippen LogP contribution >= 0.6 is 0 Å². The first-order valence-electron chi connectivity index (χ1n) is 8.51. The molecule has 2 aromatic heterocycles. The van der Waals surface area contributed by atoms with E-state index in [0.717, 1.165) is 63.1 Å². The van der Waals surface area contributed by atoms with E-state index < -0.39 is 0 Å². The van der Waals surface area contributed by atoms with Gasteiger partial charge in [0.2, 0.25) is 11.9 Å². The van der Waals surface area contributed by atoms with Crippen molar-refractivity contribution < 1.29 is 0 Å². The van der Waals surface area contributed by atoms with Gasteiger partial charge in [-0.2, -0.15) is 0 Å². The van der Waals surface area contributed by atoms with Crippen LogP contribution in [0.15, 0.2) is 18.6 Å². The zero-order chi connectivity index (χ0) is 16.5. The summed E-state index contributed by atoms with van der Waals surface area (Å²) >= 11 is 0. The lowest BCUT2D eigenvalue weighted by molar-refractivity contribution is 0.311. The van der Waals surface area contributed by atoms with Crippen molar-refractivity contribution in [3.63, 3.8) is 0 Å². The molecule has 1 fully saturated rings. The standard InChI is InChI=1S/C17H23N7/c1-13-9-18-16(19-10-13)24-4-3-15-14(12-24)11-20-17(21-15)23-7-5-22(2)6-8-23/h9-11H,3-8,12H2,1-2H3. The molecule has 0 unspecified atom stereocenters. The van der Waals surface area contributed by atoms with Gasteiger partial charge in [-0.3, -0.25) is 0 Å². The number of fused-ring (bicyclic) bond motifs is 1. The van der Waals surface area contributed by atoms with E-state index in [1.54, 1.807) is 0 Å². The number of nitrogens with zero attached hydrogens (tertiary/aromatic N) is 7. The van der Waals surface area contributed by atoms with Crippen LogP contribution < -0.4 is 9.80 Å². The third-order valence-electron chi connectivity index (χ3n) is 4.76. The fraction of sp³-hybridized carbons (Fsp3) is 0.529. The Kier molecular flexibility index (Phi) is 4.02. The van der Waals surface area contributed by atoms with Crippen molar-refractivity contribution >= 4 is 11.9 Å². The zero-order valence-electron chi connectivity index (χ0n) is 14.3. The minimum atomic E-state index is 0.779. The smallest absolute Gasteiger partial charge is 0.225 e. The molecular formula is C17H23N7. The molecule has 2 aliphatic rings. The van der Waals surface area contributed by atoms with Crippen LogP contribution in [-0.2, 0) is 13.0 Å². The molecule has 0 bridgehead atoms. The molecule has 2 aliphatic heterocycles. The number of anilines is 2. The highest BCUT2D eigenvalue weighted by atomic mass is 15.3. The summed E-state index contributed by atoms with van der Waals surface area (Å²) in [4.78, 5) is 25.1. The SMILES string of the molecule is Cc1cnc(N2CCc3nc(N4CCN(C)CC4)ncc3C2)nc1. The first-order chi connectivity index (χ1) is 11.7. The minimum absolute atomic E-state index is 0.779. The van der Waals surface area contributed by atoms with Gasteiger partial charge < -0.3 is 14.7 Å². The lowest BCUT2D eigenvalue weighted by Gasteiger charge is -2.33. The van der Waals surface area contributed by atoms with Crippen molar-refractivity contribution in [1.82, 2.24) is 24.8 Å². The average molecular weight is 325 g/mol. The second kappa shape index (κ2) is 6.32. The summed E-state index contributed by atoms with van der Waals surface area (Å²) in [6.45, 7) is 7.81. The van der Waals surface area contributed by atoms with Crippen molar-refractivity contribution in [2.75, 3.05) is 49.6 Å². The number of aromatic nitrogens is 4. The van der Waals surface area contributed by atoms with Gasteiger partial charge in [-0.1, -0.05) is 0 Å². The summed E-state index contributed by atoms with van der Waals surface area (Å²) in [7, 11) is 2.16. The van der Waals surface area contributed by atoms with Gasteiger partial charge >= 0.3 is 0 Å². The summed E-state index contributed by atoms with van der Waals surface area (Å²) < 4.78 is 0. The van der Waals surface area contributed by atoms with Crippen LogP contribution in [0.25, 0.3) is 0 Å². The second-order valence-corrected chi connectivity index (χ2v) is 6.66. The lowest BCUT2D eigenvalue weighted by atomic mass is 10.1. The van der Waals surface area contributed by atoms with Gasteiger partial charge in [0.1, 0.15) is 0 Å². The summed E-state index contributed by atoms with van der Waals surface area (Å²) in [5.41, 5.74) is 3.43. The molecule has 0 aliphatic carbocycles. The van der Waals surface area contributed by atoms with E-state index in [1.165, 1.54) is 11.3 Å². The van der Waals surface area contributed by atoms with E-state index >= 15 is 0 Å². The first-order valence-corrected chi connectivity index (χ1v) is 8.51. The normalized spacial score (nSPS) is 18.6. The van der Waals surface area contributed by atoms with Gasteiger partial charge in [-0.25, -0.2) is 19.9 Å². The number of rotatable bonds is 2. The fourth-order valence-corrected chi connectivity index (χ4v) is 3.18. The van der Waals surface area contributed by atoms with Gasteiger partial charge in [0, 0.05) is 69.8 Å². The van der Waals surface area contributed by atoms with E-state index in [2.05, 4.69) is 36.7 Å². The van der Waals surface area contributed by atoms with Gasteiger partial charge in [0.25, 0.3) is 0 Å². The molecule has 126 valence electrons. The molecule has 7 heteroatoms. The number of piperazine rings is 1. The Balaban J connectivity index is 1.50. The molecule has 0 radical (unpaired) electrons. The molecule has 4 heterocycles. The van der Waals surface area contributed by atoms with Crippen molar-refractivity contribution in [2.45, 2.75) is 19.9 Å². The lowest BCUT2D eigenvalue weighted by Crippen LogP contribution is -2.45. The summed E-state index contributed by atoms with van der Waals surface area (Å²) in [6, 6.07) is 0. The van der Waals surface area contributed by atoms with Crippen molar-refractivity contribution in [2.24, 2.45) is 0 Å². The fourth-order valence-electron chi connectivity index (χ4n) is 3.18. The largest absolute Gasteiger partial charge is 0.338 e. The van der Waals surface area contributed by atoms with E-state index in [-0.39, 0.29) is 0 Å². The number of hydrogen-bond donors (Lipinski definition) is 0. The summed E-state index contributed by atoms with van der Waals surface area (Å²) in [5.74, 6) is 1.66. The van der Waals surface area contributed by atoms with Crippen LogP contribution in [0, 0.1) is 6.92 Å². The average Bonchev–Trinajstić information content (AvgIpc) is 2.62. The molecule has 24 heavy (non-hydrogen) atoms. The summed E-state index contributed by atoms with van der Waals surface area (Å²) in [5, 5.41) is 0. The Bertz CT molecular complexity index is 707. The highest BCUT2D eigenvalue weighted by molar-refractivity contribution is 5.40. The van der Waals surface area contributed by atoms with E-state index in [1.807, 2.05) is 25.5 Å². The Morgan fingerprint density at radius 2 is 1.54 bits per heavy atom. The zero-order valence-corrected chi connectivity index (χ0v) is 14.3. The highest BCUT2D eigenvalue weighted by Crippen LogP contribution is 2.22. The first kappa shape index (κ1) is 15.3. The van der Waals surface area contributed by atoms with Crippen LogP contribution in [0.5, 0.6) is 0 Å². The van der Waals surface area contributed by atoms with Crippen LogP contribution in [0.4, 0.5) is 11.9 Å². The Labute approximate surface area is 142 Å². The van der Waals surface area contributed by atoms with Crippen molar-refractivity contribution in [3.8, 4) is 0 Å². The number of hydrogen-bond acceptors (Lipinski definition) is 7. The molecule has 0 saturated carbocycles. The van der Waals surface area contributed by atoms with Crippen LogP contribution in [0.1, 0.15) is 16.8 Å². The third kappa shape index (κ3) is 3.03. The molecule has 0 amide bonds. The number of aryl methyl sites for hydroxylation is 1. The van der Waals surface area contributed by atoms with Crippen LogP contribution in [0.3, 0.4) is 0 Å². The maximum Gasteiger partial charge on any atom is 0.225 e. The van der Waals surface area contributed by atoms with Crippen LogP contribution in [-0.4, -0.2) is 64.6 Å². The van der Waals surface area contributed by atoms with Gasteiger partial charge in [-0.15, -0.1) is 0 Å². The topological polar surface area (TPSA) is 61.3 Å². The molecule has 7 nitrogen and oxygen atoms in total. The van der Waals surface area contributed by atoms with Crippen LogP contribution in [0.2, 0.25) is 0 Å². The second-order valence-electron chi connectivity index (χ2n) is 6.66. The highest BCUT2D eigenvalue weighted by Gasteiger charge is 2.22. The Morgan fingerprint density at radius 3 is 2.29 bits per heavy atom. The Morgan fingerprint density at radius 1 is 0.833 bits per heavy atom. The molecule has 0 spiro atoms. The summed E-state index contributed by atoms with van der Waals surface area (Å²) in [6.07, 6.45) is 6.63. The molecule has 1 saturated heterocycles. The van der Waals surface area contributed by atoms with Gasteiger partial charge in [0.15, 0.2) is 0 Å². The predicted molar refractivity (Wildman–Crippen MR) is 93.3 cm³/mol. The molecule has 4 rings (SSSR count). The van der Waals surface area contributed by atoms with Crippen molar-refractivity contribution in [3.05, 3.63) is 35.4 Å². The van der Waals surface area contributed by atoms with E-state index in [4.69, 9.17) is 4.98 Å². The maximum absolute atomic E-state index is 4.83. The van der Waals surface area contributed by atoms with Gasteiger partial charge in [0.05, 0.1) is 5.69 Å².